The fourth-order valence-corrected chi connectivity index (χ4v) is 5.48. The molecule has 2 fully saturated rings. The summed E-state index contributed by atoms with van der Waals surface area (Å²) in [6.07, 6.45) is 19.8. The van der Waals surface area contributed by atoms with Crippen LogP contribution in [0.5, 0.6) is 0 Å². The number of rotatable bonds is 13. The van der Waals surface area contributed by atoms with Crippen LogP contribution in [0.15, 0.2) is 0 Å². The minimum atomic E-state index is -0.831. The lowest BCUT2D eigenvalue weighted by Crippen LogP contribution is -2.42. The van der Waals surface area contributed by atoms with E-state index in [2.05, 4.69) is 13.8 Å². The van der Waals surface area contributed by atoms with Crippen LogP contribution in [0, 0.1) is 17.8 Å². The molecule has 2 saturated carbocycles. The Morgan fingerprint density at radius 2 is 1.40 bits per heavy atom. The molecule has 0 aromatic carbocycles. The maximum Gasteiger partial charge on any atom is 0.310 e. The van der Waals surface area contributed by atoms with E-state index in [0.717, 1.165) is 57.3 Å². The van der Waals surface area contributed by atoms with Crippen molar-refractivity contribution in [1.29, 1.82) is 0 Å². The van der Waals surface area contributed by atoms with Crippen molar-refractivity contribution < 1.29 is 19.4 Å². The zero-order valence-corrected chi connectivity index (χ0v) is 19.6. The van der Waals surface area contributed by atoms with Crippen LogP contribution in [-0.2, 0) is 14.3 Å². The Labute approximate surface area is 184 Å². The van der Waals surface area contributed by atoms with Gasteiger partial charge < -0.3 is 9.84 Å². The average Bonchev–Trinajstić information content (AvgIpc) is 2.73. The summed E-state index contributed by atoms with van der Waals surface area (Å²) in [4.78, 5) is 24.6. The van der Waals surface area contributed by atoms with Crippen LogP contribution in [0.3, 0.4) is 0 Å². The van der Waals surface area contributed by atoms with E-state index < -0.39 is 17.8 Å². The Kier molecular flexibility index (Phi) is 11.2. The van der Waals surface area contributed by atoms with Gasteiger partial charge in [-0.25, -0.2) is 0 Å². The molecule has 0 aliphatic heterocycles. The lowest BCUT2D eigenvalue weighted by molar-refractivity contribution is -0.176. The molecular formula is C26H46O4. The summed E-state index contributed by atoms with van der Waals surface area (Å²) in [5, 5.41) is 9.52. The number of unbranched alkanes of at least 4 members (excludes halogenated alkanes) is 6. The molecule has 2 aliphatic rings. The van der Waals surface area contributed by atoms with E-state index in [1.807, 2.05) is 0 Å². The summed E-state index contributed by atoms with van der Waals surface area (Å²) in [5.41, 5.74) is -0.326. The maximum absolute atomic E-state index is 13.0. The second-order valence-corrected chi connectivity index (χ2v) is 10.4. The standard InChI is InChI=1S/C26H46O4/c1-21(2)15-9-6-4-3-5-7-12-18-26(19-13-8-14-20-26)30-25(29)23-17-11-10-16-22(23)24(27)28/h21-23H,3-20H2,1-2H3,(H,27,28). The first-order valence-corrected chi connectivity index (χ1v) is 12.9. The van der Waals surface area contributed by atoms with Gasteiger partial charge in [0.05, 0.1) is 11.8 Å². The first-order valence-electron chi connectivity index (χ1n) is 12.9. The molecule has 0 amide bonds. The fraction of sp³-hybridized carbons (Fsp3) is 0.923. The molecule has 0 spiro atoms. The Balaban J connectivity index is 1.75. The van der Waals surface area contributed by atoms with Crippen molar-refractivity contribution in [3.63, 3.8) is 0 Å². The van der Waals surface area contributed by atoms with Gasteiger partial charge in [-0.15, -0.1) is 0 Å². The van der Waals surface area contributed by atoms with E-state index in [0.29, 0.717) is 12.8 Å². The number of hydrogen-bond donors (Lipinski definition) is 1. The Bertz CT molecular complexity index is 507. The zero-order valence-electron chi connectivity index (χ0n) is 19.6. The first kappa shape index (κ1) is 25.2. The largest absolute Gasteiger partial charge is 0.481 e. The van der Waals surface area contributed by atoms with Crippen LogP contribution >= 0.6 is 0 Å². The van der Waals surface area contributed by atoms with Gasteiger partial charge in [0.15, 0.2) is 0 Å². The summed E-state index contributed by atoms with van der Waals surface area (Å²) in [7, 11) is 0. The van der Waals surface area contributed by atoms with Gasteiger partial charge in [0.1, 0.15) is 5.60 Å². The predicted molar refractivity (Wildman–Crippen MR) is 121 cm³/mol. The van der Waals surface area contributed by atoms with Crippen LogP contribution in [0.1, 0.15) is 129 Å². The monoisotopic (exact) mass is 422 g/mol. The Hall–Kier alpha value is -1.06. The van der Waals surface area contributed by atoms with E-state index in [4.69, 9.17) is 4.74 Å². The summed E-state index contributed by atoms with van der Waals surface area (Å²) >= 11 is 0. The quantitative estimate of drug-likeness (QED) is 0.250. The van der Waals surface area contributed by atoms with E-state index in [1.165, 1.54) is 51.4 Å². The minimum Gasteiger partial charge on any atom is -0.481 e. The molecule has 2 aliphatic carbocycles. The van der Waals surface area contributed by atoms with Gasteiger partial charge in [0.2, 0.25) is 0 Å². The molecule has 2 atom stereocenters. The molecular weight excluding hydrogens is 376 g/mol. The molecule has 4 heteroatoms. The smallest absolute Gasteiger partial charge is 0.310 e. The highest BCUT2D eigenvalue weighted by atomic mass is 16.6. The average molecular weight is 423 g/mol. The highest BCUT2D eigenvalue weighted by Gasteiger charge is 2.42. The first-order chi connectivity index (χ1) is 14.4. The highest BCUT2D eigenvalue weighted by Crippen LogP contribution is 2.39. The number of carboxylic acids is 1. The second kappa shape index (κ2) is 13.4. The van der Waals surface area contributed by atoms with Gasteiger partial charge in [-0.1, -0.05) is 78.1 Å². The molecule has 0 aromatic rings. The lowest BCUT2D eigenvalue weighted by atomic mass is 9.78. The normalized spacial score (nSPS) is 24.0. The van der Waals surface area contributed by atoms with E-state index in [1.54, 1.807) is 0 Å². The number of esters is 1. The third kappa shape index (κ3) is 8.59. The summed E-state index contributed by atoms with van der Waals surface area (Å²) < 4.78 is 6.18. The number of aliphatic carboxylic acids is 1. The topological polar surface area (TPSA) is 63.6 Å². The van der Waals surface area contributed by atoms with E-state index in [9.17, 15) is 14.7 Å². The molecule has 0 heterocycles. The summed E-state index contributed by atoms with van der Waals surface area (Å²) in [6, 6.07) is 0. The SMILES string of the molecule is CC(C)CCCCCCCCCC1(OC(=O)C2CCCCC2C(=O)O)CCCCC1. The van der Waals surface area contributed by atoms with E-state index >= 15 is 0 Å². The number of ether oxygens (including phenoxy) is 1. The minimum absolute atomic E-state index is 0.228. The van der Waals surface area contributed by atoms with Gasteiger partial charge >= 0.3 is 11.9 Å². The Morgan fingerprint density at radius 3 is 2.00 bits per heavy atom. The third-order valence-corrected chi connectivity index (χ3v) is 7.38. The third-order valence-electron chi connectivity index (χ3n) is 7.38. The molecule has 0 bridgehead atoms. The second-order valence-electron chi connectivity index (χ2n) is 10.4. The molecule has 2 unspecified atom stereocenters. The van der Waals surface area contributed by atoms with Gasteiger partial charge in [-0.05, 0) is 57.3 Å². The van der Waals surface area contributed by atoms with Crippen molar-refractivity contribution in [2.75, 3.05) is 0 Å². The van der Waals surface area contributed by atoms with E-state index in [-0.39, 0.29) is 11.6 Å². The predicted octanol–water partition coefficient (Wildman–Crippen LogP) is 7.29. The molecule has 1 N–H and O–H groups in total. The van der Waals surface area contributed by atoms with Gasteiger partial charge in [0, 0.05) is 0 Å². The van der Waals surface area contributed by atoms with Crippen LogP contribution in [0.4, 0.5) is 0 Å². The summed E-state index contributed by atoms with van der Waals surface area (Å²) in [6.45, 7) is 4.59. The molecule has 174 valence electrons. The van der Waals surface area contributed by atoms with Crippen molar-refractivity contribution in [3.8, 4) is 0 Å². The Morgan fingerprint density at radius 1 is 0.833 bits per heavy atom. The van der Waals surface area contributed by atoms with Crippen LogP contribution in [-0.4, -0.2) is 22.6 Å². The number of carboxylic acid groups (broad SMARTS) is 1. The van der Waals surface area contributed by atoms with Gasteiger partial charge in [-0.3, -0.25) is 9.59 Å². The van der Waals surface area contributed by atoms with Crippen LogP contribution in [0.2, 0.25) is 0 Å². The molecule has 0 aromatic heterocycles. The fourth-order valence-electron chi connectivity index (χ4n) is 5.48. The maximum atomic E-state index is 13.0. The molecule has 0 saturated heterocycles. The van der Waals surface area contributed by atoms with Gasteiger partial charge in [-0.2, -0.15) is 0 Å². The zero-order chi connectivity index (χ0) is 21.8. The number of carbonyl (C=O) groups excluding carboxylic acids is 1. The highest BCUT2D eigenvalue weighted by molar-refractivity contribution is 5.81. The molecule has 30 heavy (non-hydrogen) atoms. The number of carbonyl (C=O) groups is 2. The molecule has 0 radical (unpaired) electrons. The van der Waals surface area contributed by atoms with Crippen molar-refractivity contribution in [2.45, 2.75) is 135 Å². The van der Waals surface area contributed by atoms with Crippen molar-refractivity contribution in [1.82, 2.24) is 0 Å². The van der Waals surface area contributed by atoms with Crippen molar-refractivity contribution >= 4 is 11.9 Å². The van der Waals surface area contributed by atoms with Crippen LogP contribution in [0.25, 0.3) is 0 Å². The van der Waals surface area contributed by atoms with Crippen molar-refractivity contribution in [3.05, 3.63) is 0 Å². The molecule has 4 nitrogen and oxygen atoms in total. The van der Waals surface area contributed by atoms with Crippen molar-refractivity contribution in [2.24, 2.45) is 17.8 Å². The summed E-state index contributed by atoms with van der Waals surface area (Å²) in [5.74, 6) is -1.24. The number of hydrogen-bond acceptors (Lipinski definition) is 3. The molecule has 2 rings (SSSR count). The van der Waals surface area contributed by atoms with Crippen LogP contribution < -0.4 is 0 Å². The van der Waals surface area contributed by atoms with Gasteiger partial charge in [0.25, 0.3) is 0 Å². The lowest BCUT2D eigenvalue weighted by Gasteiger charge is -2.39.